The highest BCUT2D eigenvalue weighted by Crippen LogP contribution is 2.31. The maximum atomic E-state index is 11.7. The molecule has 0 heterocycles. The Morgan fingerprint density at radius 2 is 2.18 bits per heavy atom. The molecule has 0 radical (unpaired) electrons. The van der Waals surface area contributed by atoms with Crippen LogP contribution in [0.4, 0.5) is 0 Å². The van der Waals surface area contributed by atoms with E-state index >= 15 is 0 Å². The lowest BCUT2D eigenvalue weighted by atomic mass is 9.75. The summed E-state index contributed by atoms with van der Waals surface area (Å²) in [4.78, 5) is 14.1. The van der Waals surface area contributed by atoms with Gasteiger partial charge in [0, 0.05) is 31.1 Å². The van der Waals surface area contributed by atoms with Gasteiger partial charge in [0.15, 0.2) is 0 Å². The number of nitrogens with two attached hydrogens (primary N) is 1. The largest absolute Gasteiger partial charge is 0.355 e. The van der Waals surface area contributed by atoms with Crippen LogP contribution in [-0.2, 0) is 4.79 Å². The molecule has 0 unspecified atom stereocenters. The van der Waals surface area contributed by atoms with E-state index in [0.29, 0.717) is 6.42 Å². The number of likely N-dealkylation sites (N-methyl/N-ethyl adjacent to an activating group) is 1. The maximum Gasteiger partial charge on any atom is 0.221 e. The van der Waals surface area contributed by atoms with Gasteiger partial charge in [-0.15, -0.1) is 0 Å². The lowest BCUT2D eigenvalue weighted by Gasteiger charge is -2.37. The molecule has 98 valence electrons. The number of hydrogen-bond acceptors (Lipinski definition) is 3. The van der Waals surface area contributed by atoms with Crippen LogP contribution in [0.15, 0.2) is 0 Å². The van der Waals surface area contributed by atoms with Crippen LogP contribution < -0.4 is 11.1 Å². The summed E-state index contributed by atoms with van der Waals surface area (Å²) < 4.78 is 0. The van der Waals surface area contributed by atoms with E-state index in [0.717, 1.165) is 38.5 Å². The second-order valence-corrected chi connectivity index (χ2v) is 5.60. The monoisotopic (exact) mass is 239 g/mol. The Hall–Kier alpha value is -0.610. The molecule has 0 aromatic heterocycles. The van der Waals surface area contributed by atoms with Gasteiger partial charge in [0.1, 0.15) is 0 Å². The Kier molecular flexibility index (Phi) is 4.05. The zero-order valence-corrected chi connectivity index (χ0v) is 10.9. The summed E-state index contributed by atoms with van der Waals surface area (Å²) in [7, 11) is 0. The van der Waals surface area contributed by atoms with Gasteiger partial charge >= 0.3 is 0 Å². The van der Waals surface area contributed by atoms with Crippen LogP contribution in [-0.4, -0.2) is 42.0 Å². The number of carbonyl (C=O) groups is 1. The van der Waals surface area contributed by atoms with E-state index < -0.39 is 0 Å². The summed E-state index contributed by atoms with van der Waals surface area (Å²) in [6, 6.07) is 0.782. The minimum absolute atomic E-state index is 0.124. The fraction of sp³-hybridized carbons (Fsp3) is 0.923. The van der Waals surface area contributed by atoms with Crippen LogP contribution in [0.5, 0.6) is 0 Å². The highest BCUT2D eigenvalue weighted by molar-refractivity contribution is 5.77. The average molecular weight is 239 g/mol. The molecule has 0 aromatic rings. The van der Waals surface area contributed by atoms with Crippen LogP contribution in [0.1, 0.15) is 45.4 Å². The Bertz CT molecular complexity index is 272. The van der Waals surface area contributed by atoms with Crippen LogP contribution in [0.25, 0.3) is 0 Å². The van der Waals surface area contributed by atoms with Gasteiger partial charge < -0.3 is 11.1 Å². The summed E-state index contributed by atoms with van der Waals surface area (Å²) in [6.45, 7) is 5.01. The molecular weight excluding hydrogens is 214 g/mol. The van der Waals surface area contributed by atoms with Crippen molar-refractivity contribution in [3.8, 4) is 0 Å². The van der Waals surface area contributed by atoms with Crippen molar-refractivity contribution in [3.05, 3.63) is 0 Å². The topological polar surface area (TPSA) is 58.4 Å². The quantitative estimate of drug-likeness (QED) is 0.693. The highest BCUT2D eigenvalue weighted by atomic mass is 16.1. The van der Waals surface area contributed by atoms with Crippen molar-refractivity contribution in [1.29, 1.82) is 0 Å². The van der Waals surface area contributed by atoms with E-state index in [1.807, 2.05) is 0 Å². The second kappa shape index (κ2) is 5.36. The number of carbonyl (C=O) groups excluding carboxylic acids is 1. The van der Waals surface area contributed by atoms with Gasteiger partial charge in [-0.05, 0) is 38.6 Å². The second-order valence-electron chi connectivity index (χ2n) is 5.60. The first kappa shape index (κ1) is 12.8. The predicted octanol–water partition coefficient (Wildman–Crippen LogP) is 0.858. The molecule has 2 fully saturated rings. The summed E-state index contributed by atoms with van der Waals surface area (Å²) in [5.74, 6) is 0.124. The lowest BCUT2D eigenvalue weighted by molar-refractivity contribution is -0.123. The summed E-state index contributed by atoms with van der Waals surface area (Å²) >= 11 is 0. The molecule has 2 rings (SSSR count). The third-order valence-corrected chi connectivity index (χ3v) is 4.05. The minimum atomic E-state index is -0.189. The number of hydrogen-bond donors (Lipinski definition) is 2. The molecule has 17 heavy (non-hydrogen) atoms. The predicted molar refractivity (Wildman–Crippen MR) is 68.7 cm³/mol. The molecule has 4 heteroatoms. The van der Waals surface area contributed by atoms with Gasteiger partial charge in [-0.25, -0.2) is 0 Å². The van der Waals surface area contributed by atoms with Gasteiger partial charge in [0.05, 0.1) is 0 Å². The van der Waals surface area contributed by atoms with Crippen LogP contribution in [0.2, 0.25) is 0 Å². The Morgan fingerprint density at radius 3 is 2.65 bits per heavy atom. The SMILES string of the molecule is CCN(CCNC(=O)CC1(N)CCC1)C1CC1. The molecule has 2 aliphatic carbocycles. The molecule has 2 aliphatic rings. The summed E-state index contributed by atoms with van der Waals surface area (Å²) in [5, 5.41) is 2.99. The first-order valence-electron chi connectivity index (χ1n) is 6.92. The molecule has 4 nitrogen and oxygen atoms in total. The fourth-order valence-corrected chi connectivity index (χ4v) is 2.57. The molecule has 3 N–H and O–H groups in total. The third kappa shape index (κ3) is 3.68. The average Bonchev–Trinajstić information content (AvgIpc) is 3.06. The van der Waals surface area contributed by atoms with Crippen molar-refractivity contribution >= 4 is 5.91 Å². The van der Waals surface area contributed by atoms with E-state index in [2.05, 4.69) is 17.1 Å². The minimum Gasteiger partial charge on any atom is -0.355 e. The fourth-order valence-electron chi connectivity index (χ4n) is 2.57. The maximum absolute atomic E-state index is 11.7. The summed E-state index contributed by atoms with van der Waals surface area (Å²) in [6.07, 6.45) is 6.34. The van der Waals surface area contributed by atoms with Crippen molar-refractivity contribution < 1.29 is 4.79 Å². The van der Waals surface area contributed by atoms with Gasteiger partial charge in [-0.1, -0.05) is 6.92 Å². The Morgan fingerprint density at radius 1 is 1.47 bits per heavy atom. The van der Waals surface area contributed by atoms with E-state index in [-0.39, 0.29) is 11.4 Å². The summed E-state index contributed by atoms with van der Waals surface area (Å²) in [5.41, 5.74) is 5.86. The number of rotatable bonds is 7. The third-order valence-electron chi connectivity index (χ3n) is 4.05. The lowest BCUT2D eigenvalue weighted by Crippen LogP contribution is -2.50. The molecule has 0 spiro atoms. The number of nitrogens with zero attached hydrogens (tertiary/aromatic N) is 1. The molecular formula is C13H25N3O. The van der Waals surface area contributed by atoms with E-state index in [1.54, 1.807) is 0 Å². The van der Waals surface area contributed by atoms with E-state index in [4.69, 9.17) is 5.73 Å². The van der Waals surface area contributed by atoms with Crippen molar-refractivity contribution in [1.82, 2.24) is 10.2 Å². The Balaban J connectivity index is 1.59. The van der Waals surface area contributed by atoms with E-state index in [9.17, 15) is 4.79 Å². The smallest absolute Gasteiger partial charge is 0.221 e. The molecule has 0 bridgehead atoms. The van der Waals surface area contributed by atoms with Crippen LogP contribution >= 0.6 is 0 Å². The highest BCUT2D eigenvalue weighted by Gasteiger charge is 2.34. The first-order valence-corrected chi connectivity index (χ1v) is 6.92. The standard InChI is InChI=1S/C13H25N3O/c1-2-16(11-4-5-11)9-8-15-12(17)10-13(14)6-3-7-13/h11H,2-10,14H2,1H3,(H,15,17). The molecule has 0 atom stereocenters. The van der Waals surface area contributed by atoms with Gasteiger partial charge in [-0.3, -0.25) is 9.69 Å². The normalized spacial score (nSPS) is 22.3. The zero-order chi connectivity index (χ0) is 12.3. The molecule has 0 saturated heterocycles. The van der Waals surface area contributed by atoms with Gasteiger partial charge in [0.25, 0.3) is 0 Å². The molecule has 0 aromatic carbocycles. The number of amides is 1. The Labute approximate surface area is 104 Å². The molecule has 0 aliphatic heterocycles. The number of nitrogens with one attached hydrogen (secondary N) is 1. The van der Waals surface area contributed by atoms with Gasteiger partial charge in [0.2, 0.25) is 5.91 Å². The van der Waals surface area contributed by atoms with Crippen molar-refractivity contribution in [2.45, 2.75) is 57.0 Å². The van der Waals surface area contributed by atoms with Crippen LogP contribution in [0, 0.1) is 0 Å². The van der Waals surface area contributed by atoms with Crippen molar-refractivity contribution in [2.24, 2.45) is 5.73 Å². The molecule has 2 saturated carbocycles. The zero-order valence-electron chi connectivity index (χ0n) is 10.9. The van der Waals surface area contributed by atoms with Crippen LogP contribution in [0.3, 0.4) is 0 Å². The van der Waals surface area contributed by atoms with Gasteiger partial charge in [-0.2, -0.15) is 0 Å². The first-order chi connectivity index (χ1) is 8.13. The van der Waals surface area contributed by atoms with Crippen molar-refractivity contribution in [3.63, 3.8) is 0 Å². The van der Waals surface area contributed by atoms with Crippen molar-refractivity contribution in [2.75, 3.05) is 19.6 Å². The molecule has 1 amide bonds. The van der Waals surface area contributed by atoms with E-state index in [1.165, 1.54) is 19.3 Å².